The third-order valence-electron chi connectivity index (χ3n) is 7.01. The van der Waals surface area contributed by atoms with Gasteiger partial charge in [0.1, 0.15) is 11.5 Å². The lowest BCUT2D eigenvalue weighted by Crippen LogP contribution is -2.24. The Bertz CT molecular complexity index is 942. The van der Waals surface area contributed by atoms with Gasteiger partial charge in [-0.3, -0.25) is 4.79 Å². The van der Waals surface area contributed by atoms with Crippen molar-refractivity contribution in [3.8, 4) is 22.6 Å². The number of hydrogen-bond acceptors (Lipinski definition) is 3. The Morgan fingerprint density at radius 3 is 2.47 bits per heavy atom. The minimum absolute atomic E-state index is 0.161. The largest absolute Gasteiger partial charge is 0.496 e. The summed E-state index contributed by atoms with van der Waals surface area (Å²) in [4.78, 5) is 12.8. The zero-order valence-electron chi connectivity index (χ0n) is 19.8. The van der Waals surface area contributed by atoms with Gasteiger partial charge in [-0.1, -0.05) is 38.2 Å². The first-order valence-electron chi connectivity index (χ1n) is 12.3. The highest BCUT2D eigenvalue weighted by Crippen LogP contribution is 2.39. The number of methoxy groups -OCH3 is 1. The summed E-state index contributed by atoms with van der Waals surface area (Å²) < 4.78 is 11.5. The van der Waals surface area contributed by atoms with Gasteiger partial charge in [-0.2, -0.15) is 0 Å². The van der Waals surface area contributed by atoms with Crippen LogP contribution >= 0.6 is 0 Å². The molecule has 0 unspecified atom stereocenters. The van der Waals surface area contributed by atoms with Gasteiger partial charge >= 0.3 is 0 Å². The number of carbonyl (C=O) groups is 1. The van der Waals surface area contributed by atoms with Crippen LogP contribution in [0, 0.1) is 18.8 Å². The summed E-state index contributed by atoms with van der Waals surface area (Å²) in [5.74, 6) is 2.91. The van der Waals surface area contributed by atoms with Crippen molar-refractivity contribution in [1.29, 1.82) is 0 Å². The highest BCUT2D eigenvalue weighted by molar-refractivity contribution is 5.93. The van der Waals surface area contributed by atoms with Gasteiger partial charge in [-0.15, -0.1) is 0 Å². The van der Waals surface area contributed by atoms with Crippen LogP contribution in [0.1, 0.15) is 69.4 Å². The maximum atomic E-state index is 12.8. The number of amides is 1. The average Bonchev–Trinajstić information content (AvgIpc) is 3.64. The molecule has 2 saturated carbocycles. The van der Waals surface area contributed by atoms with E-state index in [1.807, 2.05) is 19.9 Å². The fourth-order valence-corrected chi connectivity index (χ4v) is 4.87. The molecule has 2 fully saturated rings. The van der Waals surface area contributed by atoms with Gasteiger partial charge in [0.2, 0.25) is 5.91 Å². The molecular weight excluding hydrogens is 398 g/mol. The van der Waals surface area contributed by atoms with Crippen LogP contribution in [0.25, 0.3) is 11.1 Å². The molecule has 172 valence electrons. The van der Waals surface area contributed by atoms with Crippen LogP contribution in [-0.2, 0) is 11.2 Å². The van der Waals surface area contributed by atoms with Crippen molar-refractivity contribution >= 4 is 11.6 Å². The van der Waals surface area contributed by atoms with Crippen LogP contribution < -0.4 is 14.8 Å². The van der Waals surface area contributed by atoms with E-state index in [0.29, 0.717) is 6.61 Å². The quantitative estimate of drug-likeness (QED) is 0.464. The number of aryl methyl sites for hydroxylation is 1. The Balaban J connectivity index is 1.63. The molecule has 0 atom stereocenters. The summed E-state index contributed by atoms with van der Waals surface area (Å²) in [6.07, 6.45) is 10.5. The van der Waals surface area contributed by atoms with E-state index in [1.54, 1.807) is 7.11 Å². The highest BCUT2D eigenvalue weighted by atomic mass is 16.5. The minimum atomic E-state index is 0.161. The zero-order chi connectivity index (χ0) is 22.5. The molecule has 0 radical (unpaired) electrons. The molecular formula is C28H37NO3. The average molecular weight is 436 g/mol. The molecule has 0 spiro atoms. The van der Waals surface area contributed by atoms with Gasteiger partial charge in [-0.25, -0.2) is 0 Å². The second-order valence-corrected chi connectivity index (χ2v) is 9.41. The Hall–Kier alpha value is -2.49. The lowest BCUT2D eigenvalue weighted by atomic mass is 9.88. The predicted octanol–water partition coefficient (Wildman–Crippen LogP) is 6.93. The number of ether oxygens (including phenoxy) is 2. The van der Waals surface area contributed by atoms with Crippen molar-refractivity contribution in [2.45, 2.75) is 71.6 Å². The first-order valence-corrected chi connectivity index (χ1v) is 12.3. The number of nitrogens with one attached hydrogen (secondary N) is 1. The molecule has 1 N–H and O–H groups in total. The van der Waals surface area contributed by atoms with Crippen LogP contribution in [0.5, 0.6) is 11.5 Å². The summed E-state index contributed by atoms with van der Waals surface area (Å²) in [5.41, 5.74) is 5.52. The van der Waals surface area contributed by atoms with Crippen molar-refractivity contribution in [2.75, 3.05) is 19.0 Å². The Kier molecular flexibility index (Phi) is 7.39. The Morgan fingerprint density at radius 1 is 1.03 bits per heavy atom. The van der Waals surface area contributed by atoms with E-state index in [1.165, 1.54) is 49.7 Å². The number of anilines is 1. The molecule has 2 aromatic carbocycles. The van der Waals surface area contributed by atoms with Crippen molar-refractivity contribution < 1.29 is 14.3 Å². The van der Waals surface area contributed by atoms with E-state index in [9.17, 15) is 4.79 Å². The van der Waals surface area contributed by atoms with E-state index in [-0.39, 0.29) is 11.8 Å². The second-order valence-electron chi connectivity index (χ2n) is 9.41. The molecule has 0 bridgehead atoms. The van der Waals surface area contributed by atoms with Gasteiger partial charge in [0.25, 0.3) is 0 Å². The number of benzene rings is 2. The van der Waals surface area contributed by atoms with Gasteiger partial charge < -0.3 is 14.8 Å². The second kappa shape index (κ2) is 10.4. The molecule has 1 amide bonds. The van der Waals surface area contributed by atoms with Gasteiger partial charge in [0.15, 0.2) is 0 Å². The molecule has 2 aliphatic carbocycles. The van der Waals surface area contributed by atoms with Crippen LogP contribution in [-0.4, -0.2) is 19.6 Å². The normalized spacial score (nSPS) is 16.6. The molecule has 4 heteroatoms. The summed E-state index contributed by atoms with van der Waals surface area (Å²) in [5, 5.41) is 3.21. The fourth-order valence-electron chi connectivity index (χ4n) is 4.87. The van der Waals surface area contributed by atoms with Gasteiger partial charge in [-0.05, 0) is 86.4 Å². The topological polar surface area (TPSA) is 47.6 Å². The fraction of sp³-hybridized carbons (Fsp3) is 0.536. The molecule has 4 nitrogen and oxygen atoms in total. The summed E-state index contributed by atoms with van der Waals surface area (Å²) in [6, 6.07) is 10.6. The highest BCUT2D eigenvalue weighted by Gasteiger charge is 2.23. The van der Waals surface area contributed by atoms with E-state index in [4.69, 9.17) is 9.47 Å². The predicted molar refractivity (Wildman–Crippen MR) is 131 cm³/mol. The van der Waals surface area contributed by atoms with Gasteiger partial charge in [0, 0.05) is 17.2 Å². The molecule has 0 saturated heterocycles. The summed E-state index contributed by atoms with van der Waals surface area (Å²) in [7, 11) is 1.71. The first-order chi connectivity index (χ1) is 15.6. The van der Waals surface area contributed by atoms with Crippen molar-refractivity contribution in [3.05, 3.63) is 41.5 Å². The summed E-state index contributed by atoms with van der Waals surface area (Å²) >= 11 is 0. The monoisotopic (exact) mass is 435 g/mol. The minimum Gasteiger partial charge on any atom is -0.496 e. The zero-order valence-corrected chi connectivity index (χ0v) is 19.8. The van der Waals surface area contributed by atoms with Crippen molar-refractivity contribution in [1.82, 2.24) is 0 Å². The first kappa shape index (κ1) is 22.7. The van der Waals surface area contributed by atoms with E-state index >= 15 is 0 Å². The van der Waals surface area contributed by atoms with Crippen LogP contribution in [0.15, 0.2) is 30.3 Å². The van der Waals surface area contributed by atoms with Crippen LogP contribution in [0.2, 0.25) is 0 Å². The van der Waals surface area contributed by atoms with Crippen LogP contribution in [0.4, 0.5) is 5.69 Å². The Labute approximate surface area is 192 Å². The third kappa shape index (κ3) is 5.46. The smallest absolute Gasteiger partial charge is 0.227 e. The Morgan fingerprint density at radius 2 is 1.78 bits per heavy atom. The number of rotatable bonds is 9. The maximum Gasteiger partial charge on any atom is 0.227 e. The van der Waals surface area contributed by atoms with Gasteiger partial charge in [0.05, 0.1) is 13.7 Å². The molecule has 0 aromatic heterocycles. The SMILES string of the molecule is CCOc1cc(-c2ccc(NC(=O)C3CCCCC3)cc2CCC2CC2)cc(OC)c1C. The summed E-state index contributed by atoms with van der Waals surface area (Å²) in [6.45, 7) is 4.66. The molecule has 4 rings (SSSR count). The lowest BCUT2D eigenvalue weighted by Gasteiger charge is -2.21. The molecule has 0 heterocycles. The van der Waals surface area contributed by atoms with Crippen molar-refractivity contribution in [2.24, 2.45) is 11.8 Å². The van der Waals surface area contributed by atoms with E-state index in [0.717, 1.165) is 53.5 Å². The van der Waals surface area contributed by atoms with Crippen molar-refractivity contribution in [3.63, 3.8) is 0 Å². The number of hydrogen-bond donors (Lipinski definition) is 1. The van der Waals surface area contributed by atoms with E-state index < -0.39 is 0 Å². The van der Waals surface area contributed by atoms with Crippen LogP contribution in [0.3, 0.4) is 0 Å². The maximum absolute atomic E-state index is 12.8. The molecule has 2 aliphatic rings. The third-order valence-corrected chi connectivity index (χ3v) is 7.01. The standard InChI is InChI=1S/C28H37NO3/c1-4-32-27-18-23(17-26(31-3)19(27)2)25-15-14-24(16-22(25)13-12-20-10-11-20)29-28(30)21-8-6-5-7-9-21/h14-18,20-21H,4-13H2,1-3H3,(H,29,30). The molecule has 2 aromatic rings. The number of carbonyl (C=O) groups excluding carboxylic acids is 1. The lowest BCUT2D eigenvalue weighted by molar-refractivity contribution is -0.120. The van der Waals surface area contributed by atoms with E-state index in [2.05, 4.69) is 29.6 Å². The molecule has 0 aliphatic heterocycles. The molecule has 32 heavy (non-hydrogen) atoms.